The molecule has 0 fully saturated rings. The van der Waals surface area contributed by atoms with Gasteiger partial charge in [-0.3, -0.25) is 15.0 Å². The normalized spacial score (nSPS) is 10.8. The van der Waals surface area contributed by atoms with Crippen LogP contribution in [0.1, 0.15) is 11.4 Å². The van der Waals surface area contributed by atoms with Gasteiger partial charge >= 0.3 is 0 Å². The number of halogens is 2. The van der Waals surface area contributed by atoms with Crippen LogP contribution < -0.4 is 11.0 Å². The molecule has 2 aromatic carbocycles. The number of aromatic nitrogens is 2. The number of nitrogens with one attached hydrogen (secondary N) is 1. The maximum absolute atomic E-state index is 12.5. The van der Waals surface area contributed by atoms with Crippen molar-refractivity contribution in [1.82, 2.24) is 9.66 Å². The van der Waals surface area contributed by atoms with E-state index in [1.54, 1.807) is 49.4 Å². The number of para-hydroxylation sites is 1. The van der Waals surface area contributed by atoms with Gasteiger partial charge in [0.05, 0.1) is 17.3 Å². The molecule has 122 valence electrons. The second-order valence-corrected chi connectivity index (χ2v) is 6.04. The fourth-order valence-electron chi connectivity index (χ4n) is 2.40. The number of nitrogens with zero attached hydrogens (tertiary/aromatic N) is 2. The maximum atomic E-state index is 12.5. The van der Waals surface area contributed by atoms with Gasteiger partial charge in [0.1, 0.15) is 5.82 Å². The summed E-state index contributed by atoms with van der Waals surface area (Å²) in [6.07, 6.45) is -0.0444. The standard InChI is InChI=1S/C17H13Cl2N3O2/c1-10-20-15-8-3-2-5-11(15)17(24)22(10)21-16(23)9-12-13(18)6-4-7-14(12)19/h2-8H,9H2,1H3,(H,21,23). The minimum Gasteiger partial charge on any atom is -0.273 e. The van der Waals surface area contributed by atoms with Crippen molar-refractivity contribution in [2.45, 2.75) is 13.3 Å². The molecule has 0 saturated carbocycles. The molecular weight excluding hydrogens is 349 g/mol. The Hall–Kier alpha value is -2.37. The summed E-state index contributed by atoms with van der Waals surface area (Å²) in [5, 5.41) is 1.23. The molecule has 7 heteroatoms. The molecule has 0 unspecified atom stereocenters. The second kappa shape index (κ2) is 6.63. The number of benzene rings is 2. The molecule has 24 heavy (non-hydrogen) atoms. The van der Waals surface area contributed by atoms with Crippen molar-refractivity contribution in [3.63, 3.8) is 0 Å². The van der Waals surface area contributed by atoms with Crippen molar-refractivity contribution in [2.24, 2.45) is 0 Å². The van der Waals surface area contributed by atoms with E-state index in [1.807, 2.05) is 0 Å². The van der Waals surface area contributed by atoms with Crippen LogP contribution in [0.4, 0.5) is 0 Å². The van der Waals surface area contributed by atoms with E-state index in [0.29, 0.717) is 32.3 Å². The first-order chi connectivity index (χ1) is 11.5. The van der Waals surface area contributed by atoms with Gasteiger partial charge in [0.15, 0.2) is 0 Å². The van der Waals surface area contributed by atoms with E-state index in [9.17, 15) is 9.59 Å². The van der Waals surface area contributed by atoms with E-state index in [0.717, 1.165) is 4.68 Å². The Labute approximate surface area is 147 Å². The average Bonchev–Trinajstić information content (AvgIpc) is 2.55. The van der Waals surface area contributed by atoms with E-state index in [1.165, 1.54) is 0 Å². The molecule has 1 amide bonds. The van der Waals surface area contributed by atoms with Crippen LogP contribution in [0.5, 0.6) is 0 Å². The summed E-state index contributed by atoms with van der Waals surface area (Å²) in [6.45, 7) is 1.65. The zero-order valence-electron chi connectivity index (χ0n) is 12.7. The van der Waals surface area contributed by atoms with Crippen LogP contribution in [-0.4, -0.2) is 15.6 Å². The number of hydrogen-bond donors (Lipinski definition) is 1. The Balaban J connectivity index is 1.93. The number of amides is 1. The van der Waals surface area contributed by atoms with Gasteiger partial charge in [-0.05, 0) is 36.8 Å². The van der Waals surface area contributed by atoms with Crippen molar-refractivity contribution in [2.75, 3.05) is 5.43 Å². The molecule has 0 spiro atoms. The van der Waals surface area contributed by atoms with Gasteiger partial charge < -0.3 is 0 Å². The van der Waals surface area contributed by atoms with Crippen molar-refractivity contribution < 1.29 is 4.79 Å². The molecule has 0 aliphatic carbocycles. The molecule has 3 aromatic rings. The lowest BCUT2D eigenvalue weighted by Crippen LogP contribution is -2.36. The molecule has 3 rings (SSSR count). The monoisotopic (exact) mass is 361 g/mol. The van der Waals surface area contributed by atoms with Crippen molar-refractivity contribution >= 4 is 40.0 Å². The molecule has 1 aromatic heterocycles. The number of rotatable bonds is 3. The largest absolute Gasteiger partial charge is 0.280 e. The van der Waals surface area contributed by atoms with Gasteiger partial charge in [-0.2, -0.15) is 0 Å². The predicted octanol–water partition coefficient (Wildman–Crippen LogP) is 3.32. The lowest BCUT2D eigenvalue weighted by atomic mass is 10.1. The Morgan fingerprint density at radius 3 is 2.50 bits per heavy atom. The van der Waals surface area contributed by atoms with Crippen LogP contribution in [0.3, 0.4) is 0 Å². The molecular formula is C17H13Cl2N3O2. The van der Waals surface area contributed by atoms with E-state index >= 15 is 0 Å². The van der Waals surface area contributed by atoms with Crippen LogP contribution in [0.15, 0.2) is 47.3 Å². The third-order valence-corrected chi connectivity index (χ3v) is 4.29. The van der Waals surface area contributed by atoms with Crippen molar-refractivity contribution in [3.8, 4) is 0 Å². The highest BCUT2D eigenvalue weighted by Crippen LogP contribution is 2.24. The van der Waals surface area contributed by atoms with Gasteiger partial charge in [-0.25, -0.2) is 9.66 Å². The fourth-order valence-corrected chi connectivity index (χ4v) is 2.93. The number of fused-ring (bicyclic) bond motifs is 1. The summed E-state index contributed by atoms with van der Waals surface area (Å²) in [4.78, 5) is 29.2. The Morgan fingerprint density at radius 2 is 1.79 bits per heavy atom. The molecule has 5 nitrogen and oxygen atoms in total. The lowest BCUT2D eigenvalue weighted by molar-refractivity contribution is -0.116. The maximum Gasteiger partial charge on any atom is 0.280 e. The summed E-state index contributed by atoms with van der Waals surface area (Å²) in [5.41, 5.74) is 3.32. The van der Waals surface area contributed by atoms with E-state index < -0.39 is 5.91 Å². The van der Waals surface area contributed by atoms with Gasteiger partial charge in [-0.15, -0.1) is 0 Å². The first-order valence-electron chi connectivity index (χ1n) is 7.18. The van der Waals surface area contributed by atoms with E-state index in [-0.39, 0.29) is 12.0 Å². The first kappa shape index (κ1) is 16.5. The van der Waals surface area contributed by atoms with Crippen molar-refractivity contribution in [3.05, 3.63) is 74.3 Å². The summed E-state index contributed by atoms with van der Waals surface area (Å²) in [5.74, 6) is -0.0235. The summed E-state index contributed by atoms with van der Waals surface area (Å²) in [6, 6.07) is 12.0. The molecule has 0 aliphatic heterocycles. The second-order valence-electron chi connectivity index (χ2n) is 5.23. The minimum absolute atomic E-state index is 0.0444. The SMILES string of the molecule is Cc1nc2ccccc2c(=O)n1NC(=O)Cc1c(Cl)cccc1Cl. The van der Waals surface area contributed by atoms with Crippen LogP contribution in [0.2, 0.25) is 10.0 Å². The van der Waals surface area contributed by atoms with Gasteiger partial charge in [-0.1, -0.05) is 41.4 Å². The topological polar surface area (TPSA) is 64.0 Å². The molecule has 0 radical (unpaired) electrons. The highest BCUT2D eigenvalue weighted by molar-refractivity contribution is 6.36. The highest BCUT2D eigenvalue weighted by atomic mass is 35.5. The minimum atomic E-state index is -0.410. The van der Waals surface area contributed by atoms with Crippen LogP contribution >= 0.6 is 23.2 Å². The van der Waals surface area contributed by atoms with Crippen LogP contribution in [0, 0.1) is 6.92 Å². The van der Waals surface area contributed by atoms with Gasteiger partial charge in [0.2, 0.25) is 5.91 Å². The summed E-state index contributed by atoms with van der Waals surface area (Å²) >= 11 is 12.1. The smallest absolute Gasteiger partial charge is 0.273 e. The summed E-state index contributed by atoms with van der Waals surface area (Å²) in [7, 11) is 0. The zero-order valence-corrected chi connectivity index (χ0v) is 14.2. The third kappa shape index (κ3) is 3.13. The number of carbonyl (C=O) groups is 1. The van der Waals surface area contributed by atoms with E-state index in [4.69, 9.17) is 23.2 Å². The van der Waals surface area contributed by atoms with Crippen LogP contribution in [-0.2, 0) is 11.2 Å². The third-order valence-electron chi connectivity index (χ3n) is 3.58. The molecule has 0 atom stereocenters. The molecule has 0 saturated heterocycles. The van der Waals surface area contributed by atoms with Gasteiger partial charge in [0.25, 0.3) is 5.56 Å². The number of hydrogen-bond acceptors (Lipinski definition) is 3. The van der Waals surface area contributed by atoms with Crippen molar-refractivity contribution in [1.29, 1.82) is 0 Å². The quantitative estimate of drug-likeness (QED) is 0.778. The predicted molar refractivity (Wildman–Crippen MR) is 95.3 cm³/mol. The lowest BCUT2D eigenvalue weighted by Gasteiger charge is -2.13. The first-order valence-corrected chi connectivity index (χ1v) is 7.94. The molecule has 0 bridgehead atoms. The Kier molecular flexibility index (Phi) is 4.55. The highest BCUT2D eigenvalue weighted by Gasteiger charge is 2.14. The molecule has 1 N–H and O–H groups in total. The molecule has 0 aliphatic rings. The van der Waals surface area contributed by atoms with Crippen LogP contribution in [0.25, 0.3) is 10.9 Å². The Morgan fingerprint density at radius 1 is 1.12 bits per heavy atom. The zero-order chi connectivity index (χ0) is 17.3. The van der Waals surface area contributed by atoms with Gasteiger partial charge in [0, 0.05) is 10.0 Å². The summed E-state index contributed by atoms with van der Waals surface area (Å²) < 4.78 is 1.13. The fraction of sp³-hybridized carbons (Fsp3) is 0.118. The average molecular weight is 362 g/mol. The van der Waals surface area contributed by atoms with E-state index in [2.05, 4.69) is 10.4 Å². The Bertz CT molecular complexity index is 979. The molecule has 1 heterocycles. The number of carbonyl (C=O) groups excluding carboxylic acids is 1. The number of aryl methyl sites for hydroxylation is 1.